The Labute approximate surface area is 110 Å². The number of rotatable bonds is 7. The molecular formula is C13H18F3NO2. The normalized spacial score (nSPS) is 13.3. The van der Waals surface area contributed by atoms with Crippen molar-refractivity contribution in [3.05, 3.63) is 29.8 Å². The standard InChI is InChI=1S/C13H18F3NO2/c1-3-19-11-6-4-5-10(7-11)12(17-2)8-18-9-13(14,15)16/h4-7,12,17H,3,8-9H2,1-2H3. The monoisotopic (exact) mass is 277 g/mol. The van der Waals surface area contributed by atoms with Gasteiger partial charge in [0.15, 0.2) is 0 Å². The molecule has 0 amide bonds. The van der Waals surface area contributed by atoms with Gasteiger partial charge < -0.3 is 14.8 Å². The van der Waals surface area contributed by atoms with E-state index in [2.05, 4.69) is 10.1 Å². The first-order valence-electron chi connectivity index (χ1n) is 6.00. The van der Waals surface area contributed by atoms with Crippen molar-refractivity contribution in [3.8, 4) is 5.75 Å². The SMILES string of the molecule is CCOc1cccc(C(COCC(F)(F)F)NC)c1. The Bertz CT molecular complexity index is 382. The number of nitrogens with one attached hydrogen (secondary N) is 1. The van der Waals surface area contributed by atoms with Gasteiger partial charge in [-0.15, -0.1) is 0 Å². The second-order valence-corrected chi connectivity index (χ2v) is 3.98. The van der Waals surface area contributed by atoms with Crippen LogP contribution in [-0.2, 0) is 4.74 Å². The summed E-state index contributed by atoms with van der Waals surface area (Å²) in [5.74, 6) is 0.691. The van der Waals surface area contributed by atoms with Crippen LogP contribution in [0.25, 0.3) is 0 Å². The number of likely N-dealkylation sites (N-methyl/N-ethyl adjacent to an activating group) is 1. The summed E-state index contributed by atoms with van der Waals surface area (Å²) in [6, 6.07) is 6.91. The van der Waals surface area contributed by atoms with Crippen molar-refractivity contribution < 1.29 is 22.6 Å². The molecule has 19 heavy (non-hydrogen) atoms. The molecule has 0 bridgehead atoms. The first-order valence-corrected chi connectivity index (χ1v) is 6.00. The smallest absolute Gasteiger partial charge is 0.411 e. The van der Waals surface area contributed by atoms with E-state index >= 15 is 0 Å². The van der Waals surface area contributed by atoms with Crippen LogP contribution in [0.2, 0.25) is 0 Å². The maximum Gasteiger partial charge on any atom is 0.411 e. The van der Waals surface area contributed by atoms with Gasteiger partial charge >= 0.3 is 6.18 Å². The van der Waals surface area contributed by atoms with Crippen LogP contribution in [0, 0.1) is 0 Å². The van der Waals surface area contributed by atoms with Crippen LogP contribution in [0.5, 0.6) is 5.75 Å². The lowest BCUT2D eigenvalue weighted by molar-refractivity contribution is -0.175. The highest BCUT2D eigenvalue weighted by Crippen LogP contribution is 2.21. The van der Waals surface area contributed by atoms with Gasteiger partial charge in [-0.3, -0.25) is 0 Å². The fraction of sp³-hybridized carbons (Fsp3) is 0.538. The molecule has 0 aliphatic rings. The van der Waals surface area contributed by atoms with Crippen LogP contribution in [0.4, 0.5) is 13.2 Å². The van der Waals surface area contributed by atoms with Gasteiger partial charge in [0.2, 0.25) is 0 Å². The molecule has 0 fully saturated rings. The summed E-state index contributed by atoms with van der Waals surface area (Å²) < 4.78 is 46.1. The molecule has 1 N–H and O–H groups in total. The first-order chi connectivity index (χ1) is 8.96. The molecule has 1 aromatic rings. The molecule has 1 atom stereocenters. The quantitative estimate of drug-likeness (QED) is 0.831. The Morgan fingerprint density at radius 3 is 2.63 bits per heavy atom. The Hall–Kier alpha value is -1.27. The van der Waals surface area contributed by atoms with E-state index in [1.807, 2.05) is 13.0 Å². The molecule has 6 heteroatoms. The van der Waals surface area contributed by atoms with E-state index in [9.17, 15) is 13.2 Å². The van der Waals surface area contributed by atoms with Gasteiger partial charge in [0.1, 0.15) is 12.4 Å². The molecule has 0 aromatic heterocycles. The number of hydrogen-bond acceptors (Lipinski definition) is 3. The third-order valence-electron chi connectivity index (χ3n) is 2.47. The molecule has 3 nitrogen and oxygen atoms in total. The van der Waals surface area contributed by atoms with E-state index in [1.54, 1.807) is 25.2 Å². The number of benzene rings is 1. The zero-order valence-corrected chi connectivity index (χ0v) is 11.0. The lowest BCUT2D eigenvalue weighted by Gasteiger charge is -2.18. The van der Waals surface area contributed by atoms with Gasteiger partial charge in [-0.05, 0) is 31.7 Å². The van der Waals surface area contributed by atoms with E-state index in [0.717, 1.165) is 5.56 Å². The topological polar surface area (TPSA) is 30.5 Å². The summed E-state index contributed by atoms with van der Waals surface area (Å²) in [5.41, 5.74) is 0.829. The Balaban J connectivity index is 2.61. The van der Waals surface area contributed by atoms with E-state index in [1.165, 1.54) is 0 Å². The summed E-state index contributed by atoms with van der Waals surface area (Å²) in [6.07, 6.45) is -4.30. The summed E-state index contributed by atoms with van der Waals surface area (Å²) >= 11 is 0. The number of hydrogen-bond donors (Lipinski definition) is 1. The third kappa shape index (κ3) is 5.94. The van der Waals surface area contributed by atoms with Crippen molar-refractivity contribution in [1.29, 1.82) is 0 Å². The predicted octanol–water partition coefficient (Wildman–Crippen LogP) is 2.92. The second-order valence-electron chi connectivity index (χ2n) is 3.98. The van der Waals surface area contributed by atoms with E-state index in [4.69, 9.17) is 4.74 Å². The van der Waals surface area contributed by atoms with Crippen LogP contribution in [0.3, 0.4) is 0 Å². The lowest BCUT2D eigenvalue weighted by Crippen LogP contribution is -2.25. The molecule has 0 aliphatic carbocycles. The summed E-state index contributed by atoms with van der Waals surface area (Å²) in [5, 5.41) is 2.93. The minimum atomic E-state index is -4.30. The van der Waals surface area contributed by atoms with Crippen molar-refractivity contribution in [3.63, 3.8) is 0 Å². The summed E-state index contributed by atoms with van der Waals surface area (Å²) in [7, 11) is 1.68. The number of alkyl halides is 3. The minimum absolute atomic E-state index is 0.0500. The van der Waals surface area contributed by atoms with E-state index in [-0.39, 0.29) is 12.6 Å². The van der Waals surface area contributed by atoms with Crippen molar-refractivity contribution >= 4 is 0 Å². The van der Waals surface area contributed by atoms with Crippen LogP contribution in [0.15, 0.2) is 24.3 Å². The molecule has 108 valence electrons. The van der Waals surface area contributed by atoms with Gasteiger partial charge in [0.05, 0.1) is 19.3 Å². The number of ether oxygens (including phenoxy) is 2. The highest BCUT2D eigenvalue weighted by Gasteiger charge is 2.28. The van der Waals surface area contributed by atoms with E-state index < -0.39 is 12.8 Å². The Morgan fingerprint density at radius 2 is 2.05 bits per heavy atom. The fourth-order valence-corrected chi connectivity index (χ4v) is 1.63. The van der Waals surface area contributed by atoms with Crippen LogP contribution in [-0.4, -0.2) is 33.0 Å². The van der Waals surface area contributed by atoms with Crippen LogP contribution in [0.1, 0.15) is 18.5 Å². The maximum absolute atomic E-state index is 12.0. The number of halogens is 3. The summed E-state index contributed by atoms with van der Waals surface area (Å²) in [4.78, 5) is 0. The zero-order chi connectivity index (χ0) is 14.3. The van der Waals surface area contributed by atoms with Gasteiger partial charge in [0.25, 0.3) is 0 Å². The average Bonchev–Trinajstić information content (AvgIpc) is 2.34. The molecule has 0 saturated heterocycles. The van der Waals surface area contributed by atoms with Gasteiger partial charge in [-0.1, -0.05) is 12.1 Å². The Kier molecular flexibility index (Phi) is 6.11. The van der Waals surface area contributed by atoms with Crippen LogP contribution < -0.4 is 10.1 Å². The minimum Gasteiger partial charge on any atom is -0.494 e. The maximum atomic E-state index is 12.0. The third-order valence-corrected chi connectivity index (χ3v) is 2.47. The fourth-order valence-electron chi connectivity index (χ4n) is 1.63. The molecule has 0 saturated carbocycles. The molecule has 1 aromatic carbocycles. The van der Waals surface area contributed by atoms with Crippen molar-refractivity contribution in [2.24, 2.45) is 0 Å². The zero-order valence-electron chi connectivity index (χ0n) is 11.0. The van der Waals surface area contributed by atoms with Gasteiger partial charge in [-0.25, -0.2) is 0 Å². The molecule has 0 aliphatic heterocycles. The van der Waals surface area contributed by atoms with Crippen LogP contribution >= 0.6 is 0 Å². The molecule has 0 spiro atoms. The molecule has 1 unspecified atom stereocenters. The van der Waals surface area contributed by atoms with Crippen molar-refractivity contribution in [1.82, 2.24) is 5.32 Å². The Morgan fingerprint density at radius 1 is 1.32 bits per heavy atom. The molecule has 0 radical (unpaired) electrons. The average molecular weight is 277 g/mol. The predicted molar refractivity (Wildman–Crippen MR) is 66.3 cm³/mol. The van der Waals surface area contributed by atoms with Crippen molar-refractivity contribution in [2.45, 2.75) is 19.1 Å². The largest absolute Gasteiger partial charge is 0.494 e. The highest BCUT2D eigenvalue weighted by molar-refractivity contribution is 5.30. The first kappa shape index (κ1) is 15.8. The molecule has 0 heterocycles. The lowest BCUT2D eigenvalue weighted by atomic mass is 10.1. The van der Waals surface area contributed by atoms with Gasteiger partial charge in [-0.2, -0.15) is 13.2 Å². The molecule has 1 rings (SSSR count). The molecular weight excluding hydrogens is 259 g/mol. The highest BCUT2D eigenvalue weighted by atomic mass is 19.4. The van der Waals surface area contributed by atoms with Crippen molar-refractivity contribution in [2.75, 3.05) is 26.9 Å². The second kappa shape index (κ2) is 7.35. The van der Waals surface area contributed by atoms with E-state index in [0.29, 0.717) is 12.4 Å². The summed E-state index contributed by atoms with van der Waals surface area (Å²) in [6.45, 7) is 1.12. The van der Waals surface area contributed by atoms with Gasteiger partial charge in [0, 0.05) is 0 Å².